The van der Waals surface area contributed by atoms with Gasteiger partial charge in [0.15, 0.2) is 0 Å². The minimum absolute atomic E-state index is 1.19. The lowest BCUT2D eigenvalue weighted by Crippen LogP contribution is -2.40. The van der Waals surface area contributed by atoms with Crippen molar-refractivity contribution in [2.75, 3.05) is 0 Å². The van der Waals surface area contributed by atoms with Crippen LogP contribution in [0.2, 0.25) is 38.3 Å². The molecule has 0 atom stereocenters. The first kappa shape index (κ1) is 30.7. The van der Waals surface area contributed by atoms with E-state index in [4.69, 9.17) is 0 Å². The Morgan fingerprint density at radius 3 is 1.21 bits per heavy atom. The molecule has 0 bridgehead atoms. The molecule has 2 nitrogen and oxygen atoms in total. The molecule has 48 heavy (non-hydrogen) atoms. The Morgan fingerprint density at radius 2 is 0.792 bits per heavy atom. The van der Waals surface area contributed by atoms with Crippen LogP contribution in [-0.2, 0) is 0 Å². The van der Waals surface area contributed by atoms with Crippen molar-refractivity contribution >= 4 is 70.1 Å². The van der Waals surface area contributed by atoms with E-state index in [9.17, 15) is 0 Å². The molecule has 0 N–H and O–H groups in total. The lowest BCUT2D eigenvalue weighted by Gasteiger charge is -2.21. The minimum Gasteiger partial charge on any atom is -0.309 e. The zero-order chi connectivity index (χ0) is 33.2. The van der Waals surface area contributed by atoms with Gasteiger partial charge in [0.05, 0.1) is 38.2 Å². The lowest BCUT2D eigenvalue weighted by molar-refractivity contribution is 1.17. The van der Waals surface area contributed by atoms with Crippen molar-refractivity contribution in [3.8, 4) is 22.5 Å². The van der Waals surface area contributed by atoms with Gasteiger partial charge < -0.3 is 9.13 Å². The molecule has 238 valence electrons. The molecule has 8 aromatic rings. The Balaban J connectivity index is 1.27. The molecule has 8 rings (SSSR count). The average molecular weight is 657 g/mol. The first-order valence-electron chi connectivity index (χ1n) is 17.5. The predicted molar refractivity (Wildman–Crippen MR) is 216 cm³/mol. The second-order valence-corrected chi connectivity index (χ2v) is 24.8. The molecule has 0 saturated heterocycles. The second kappa shape index (κ2) is 11.5. The molecule has 0 saturated carbocycles. The van der Waals surface area contributed by atoms with Gasteiger partial charge in [-0.15, -0.1) is 0 Å². The fourth-order valence-corrected chi connectivity index (χ4v) is 10.4. The van der Waals surface area contributed by atoms with Gasteiger partial charge in [-0.05, 0) is 59.7 Å². The fourth-order valence-electron chi connectivity index (χ4n) is 7.40. The van der Waals surface area contributed by atoms with Crippen LogP contribution in [0.4, 0.5) is 0 Å². The van der Waals surface area contributed by atoms with Crippen molar-refractivity contribution in [3.63, 3.8) is 0 Å². The first-order valence-corrected chi connectivity index (χ1v) is 23.9. The van der Waals surface area contributed by atoms with Crippen LogP contribution in [0.25, 0.3) is 66.1 Å². The topological polar surface area (TPSA) is 9.86 Å². The quantitative estimate of drug-likeness (QED) is 0.151. The van der Waals surface area contributed by atoms with Crippen molar-refractivity contribution in [1.29, 1.82) is 0 Å². The highest BCUT2D eigenvalue weighted by atomic mass is 28.3. The predicted octanol–water partition coefficient (Wildman–Crippen LogP) is 11.4. The summed E-state index contributed by atoms with van der Waals surface area (Å²) in [6, 6.07) is 52.9. The molecule has 0 spiro atoms. The monoisotopic (exact) mass is 656 g/mol. The van der Waals surface area contributed by atoms with E-state index in [2.05, 4.69) is 183 Å². The van der Waals surface area contributed by atoms with Gasteiger partial charge in [0.2, 0.25) is 0 Å². The second-order valence-electron chi connectivity index (χ2n) is 14.7. The Bertz CT molecular complexity index is 2320. The van der Waals surface area contributed by atoms with Crippen molar-refractivity contribution in [1.82, 2.24) is 9.13 Å². The van der Waals surface area contributed by atoms with Crippen LogP contribution < -0.4 is 10.4 Å². The van der Waals surface area contributed by atoms with E-state index in [0.29, 0.717) is 0 Å². The molecule has 0 fully saturated rings. The zero-order valence-electron chi connectivity index (χ0n) is 29.0. The van der Waals surface area contributed by atoms with Crippen molar-refractivity contribution in [2.45, 2.75) is 52.1 Å². The van der Waals surface area contributed by atoms with Crippen molar-refractivity contribution in [2.24, 2.45) is 0 Å². The molecule has 2 heterocycles. The summed E-state index contributed by atoms with van der Waals surface area (Å²) in [5.74, 6) is 0. The number of hydrogen-bond donors (Lipinski definition) is 0. The van der Waals surface area contributed by atoms with Gasteiger partial charge in [-0.25, -0.2) is 0 Å². The number of benzene rings is 6. The normalized spacial score (nSPS) is 12.5. The maximum absolute atomic E-state index is 2.48. The molecule has 0 unspecified atom stereocenters. The van der Waals surface area contributed by atoms with E-state index >= 15 is 0 Å². The van der Waals surface area contributed by atoms with Gasteiger partial charge in [0.25, 0.3) is 0 Å². The van der Waals surface area contributed by atoms with Gasteiger partial charge >= 0.3 is 0 Å². The van der Waals surface area contributed by atoms with Gasteiger partial charge in [-0.2, -0.15) is 0 Å². The molecule has 0 amide bonds. The summed E-state index contributed by atoms with van der Waals surface area (Å²) < 4.78 is 4.90. The van der Waals surface area contributed by atoms with Gasteiger partial charge in [-0.1, -0.05) is 147 Å². The summed E-state index contributed by atoms with van der Waals surface area (Å²) in [5, 5.41) is 8.41. The molecular weight excluding hydrogens is 613 g/mol. The molecule has 0 aliphatic carbocycles. The van der Waals surface area contributed by atoms with Gasteiger partial charge in [0.1, 0.15) is 0 Å². The molecule has 4 heteroatoms. The molecule has 0 aliphatic rings. The fraction of sp³-hybridized carbons (Fsp3) is 0.182. The third-order valence-electron chi connectivity index (χ3n) is 11.2. The summed E-state index contributed by atoms with van der Waals surface area (Å²) in [7, 11) is -2.93. The van der Waals surface area contributed by atoms with Crippen LogP contribution in [0.15, 0.2) is 133 Å². The molecule has 6 aromatic carbocycles. The summed E-state index contributed by atoms with van der Waals surface area (Å²) >= 11 is 0. The van der Waals surface area contributed by atoms with Crippen LogP contribution in [-0.4, -0.2) is 25.3 Å². The van der Waals surface area contributed by atoms with E-state index in [1.54, 1.807) is 0 Å². The first-order chi connectivity index (χ1) is 23.2. The average Bonchev–Trinajstić information content (AvgIpc) is 3.64. The number of rotatable bonds is 7. The molecular formula is C44H44N2Si2. The highest BCUT2D eigenvalue weighted by Gasteiger charge is 2.24. The van der Waals surface area contributed by atoms with Crippen LogP contribution in [0.5, 0.6) is 0 Å². The number of aromatic nitrogens is 2. The Morgan fingerprint density at radius 1 is 0.396 bits per heavy atom. The maximum atomic E-state index is 2.48. The Labute approximate surface area is 286 Å². The van der Waals surface area contributed by atoms with Crippen LogP contribution >= 0.6 is 0 Å². The summed E-state index contributed by atoms with van der Waals surface area (Å²) in [4.78, 5) is 0. The SMILES string of the molecule is CC[Si](C)(C)c1ccc2c(c1)c1ccccc1n2-c1cccc(-c2cccc(-n3c4ccccc4c4cc([Si](C)(C)CC)ccc43)c2)c1. The lowest BCUT2D eigenvalue weighted by atomic mass is 10.0. The molecule has 0 aliphatic heterocycles. The maximum Gasteiger partial charge on any atom is 0.0803 e. The zero-order valence-corrected chi connectivity index (χ0v) is 31.0. The number of nitrogens with zero attached hydrogens (tertiary/aromatic N) is 2. The van der Waals surface area contributed by atoms with Gasteiger partial charge in [0, 0.05) is 32.9 Å². The standard InChI is InChI=1S/C44H44N2Si2/c1-7-47(3,4)35-23-25-43-39(29-35)37-19-9-11-21-41(37)45(43)33-17-13-15-31(27-33)32-16-14-18-34(28-32)46-42-22-12-10-20-38(42)40-30-36(24-26-44(40)46)48(5,6)8-2/h9-30H,7-8H2,1-6H3. The smallest absolute Gasteiger partial charge is 0.0803 e. The highest BCUT2D eigenvalue weighted by Crippen LogP contribution is 2.36. The van der Waals surface area contributed by atoms with E-state index in [1.807, 2.05) is 0 Å². The number of para-hydroxylation sites is 2. The third-order valence-corrected chi connectivity index (χ3v) is 18.5. The van der Waals surface area contributed by atoms with E-state index in [-0.39, 0.29) is 0 Å². The Kier molecular flexibility index (Phi) is 7.35. The van der Waals surface area contributed by atoms with Crippen LogP contribution in [0, 0.1) is 0 Å². The van der Waals surface area contributed by atoms with Crippen LogP contribution in [0.1, 0.15) is 13.8 Å². The van der Waals surface area contributed by atoms with Crippen molar-refractivity contribution < 1.29 is 0 Å². The highest BCUT2D eigenvalue weighted by molar-refractivity contribution is 6.90. The summed E-state index contributed by atoms with van der Waals surface area (Å²) in [6.07, 6.45) is 0. The van der Waals surface area contributed by atoms with E-state index < -0.39 is 16.1 Å². The van der Waals surface area contributed by atoms with E-state index in [0.717, 1.165) is 0 Å². The number of hydrogen-bond acceptors (Lipinski definition) is 0. The molecule has 0 radical (unpaired) electrons. The largest absolute Gasteiger partial charge is 0.309 e. The van der Waals surface area contributed by atoms with Crippen LogP contribution in [0.3, 0.4) is 0 Å². The van der Waals surface area contributed by atoms with Gasteiger partial charge in [-0.3, -0.25) is 0 Å². The number of fused-ring (bicyclic) bond motifs is 6. The van der Waals surface area contributed by atoms with E-state index in [1.165, 1.54) is 88.6 Å². The molecule has 2 aromatic heterocycles. The summed E-state index contributed by atoms with van der Waals surface area (Å²) in [5.41, 5.74) is 9.87. The Hall–Kier alpha value is -4.65. The minimum atomic E-state index is -1.47. The summed E-state index contributed by atoms with van der Waals surface area (Å²) in [6.45, 7) is 14.6. The van der Waals surface area contributed by atoms with Crippen molar-refractivity contribution in [3.05, 3.63) is 133 Å². The third kappa shape index (κ3) is 4.89.